The van der Waals surface area contributed by atoms with Crippen LogP contribution in [-0.2, 0) is 0 Å². The van der Waals surface area contributed by atoms with Crippen molar-refractivity contribution in [2.24, 2.45) is 0 Å². The number of halogens is 2. The van der Waals surface area contributed by atoms with Crippen molar-refractivity contribution < 1.29 is 9.18 Å². The van der Waals surface area contributed by atoms with E-state index in [0.29, 0.717) is 6.54 Å². The number of hydrogen-bond acceptors (Lipinski definition) is 2. The monoisotopic (exact) mass is 270 g/mol. The van der Waals surface area contributed by atoms with E-state index in [1.807, 2.05) is 0 Å². The maximum atomic E-state index is 13.2. The van der Waals surface area contributed by atoms with Crippen LogP contribution in [-0.4, -0.2) is 28.4 Å². The maximum Gasteiger partial charge on any atom is 0.257 e. The van der Waals surface area contributed by atoms with Crippen molar-refractivity contribution in [1.82, 2.24) is 9.88 Å². The minimum atomic E-state index is -0.534. The lowest BCUT2D eigenvalue weighted by Gasteiger charge is -2.35. The Bertz CT molecular complexity index is 453. The number of piperidine rings is 1. The molecule has 1 aliphatic heterocycles. The summed E-state index contributed by atoms with van der Waals surface area (Å²) in [7, 11) is 0. The quantitative estimate of drug-likeness (QED) is 0.773. The topological polar surface area (TPSA) is 33.2 Å². The Balaban J connectivity index is 2.26. The molecule has 1 fully saturated rings. The summed E-state index contributed by atoms with van der Waals surface area (Å²) >= 11 is 5.88. The van der Waals surface area contributed by atoms with Crippen LogP contribution in [0.25, 0.3) is 0 Å². The second-order valence-electron chi connectivity index (χ2n) is 4.55. The molecule has 1 atom stereocenters. The predicted octanol–water partition coefficient (Wildman–Crippen LogP) is 3.28. The van der Waals surface area contributed by atoms with Gasteiger partial charge in [-0.2, -0.15) is 0 Å². The van der Waals surface area contributed by atoms with E-state index in [9.17, 15) is 9.18 Å². The summed E-state index contributed by atoms with van der Waals surface area (Å²) in [6.45, 7) is 2.77. The Morgan fingerprint density at radius 2 is 2.39 bits per heavy atom. The number of carbonyl (C=O) groups excluding carboxylic acids is 1. The van der Waals surface area contributed by atoms with Crippen LogP contribution in [0.1, 0.15) is 43.0 Å². The van der Waals surface area contributed by atoms with Gasteiger partial charge in [-0.15, -0.1) is 0 Å². The van der Waals surface area contributed by atoms with Crippen molar-refractivity contribution in [2.75, 3.05) is 6.54 Å². The fourth-order valence-electron chi connectivity index (χ4n) is 2.42. The van der Waals surface area contributed by atoms with Gasteiger partial charge in [-0.1, -0.05) is 18.5 Å². The lowest BCUT2D eigenvalue weighted by atomic mass is 9.99. The number of rotatable bonds is 2. The van der Waals surface area contributed by atoms with Crippen LogP contribution in [0.5, 0.6) is 0 Å². The highest BCUT2D eigenvalue weighted by Gasteiger charge is 2.27. The van der Waals surface area contributed by atoms with Crippen molar-refractivity contribution >= 4 is 17.5 Å². The van der Waals surface area contributed by atoms with E-state index < -0.39 is 5.82 Å². The second-order valence-corrected chi connectivity index (χ2v) is 4.91. The van der Waals surface area contributed by atoms with Gasteiger partial charge < -0.3 is 4.90 Å². The summed E-state index contributed by atoms with van der Waals surface area (Å²) in [5.74, 6) is -0.744. The van der Waals surface area contributed by atoms with Gasteiger partial charge in [0.1, 0.15) is 11.0 Å². The highest BCUT2D eigenvalue weighted by Crippen LogP contribution is 2.24. The number of carbonyl (C=O) groups is 1. The molecule has 2 heterocycles. The van der Waals surface area contributed by atoms with Gasteiger partial charge >= 0.3 is 0 Å². The normalized spacial score (nSPS) is 19.9. The summed E-state index contributed by atoms with van der Waals surface area (Å²) < 4.78 is 13.2. The van der Waals surface area contributed by atoms with E-state index in [4.69, 9.17) is 11.6 Å². The van der Waals surface area contributed by atoms with Crippen molar-refractivity contribution in [2.45, 2.75) is 38.6 Å². The number of aromatic nitrogens is 1. The van der Waals surface area contributed by atoms with Gasteiger partial charge in [-0.25, -0.2) is 9.37 Å². The van der Waals surface area contributed by atoms with Crippen LogP contribution < -0.4 is 0 Å². The molecule has 98 valence electrons. The number of hydrogen-bond donors (Lipinski definition) is 0. The lowest BCUT2D eigenvalue weighted by Crippen LogP contribution is -2.43. The van der Waals surface area contributed by atoms with Crippen molar-refractivity contribution in [3.05, 3.63) is 28.8 Å². The molecule has 0 aromatic carbocycles. The van der Waals surface area contributed by atoms with Crippen LogP contribution in [0, 0.1) is 5.82 Å². The molecule has 2 rings (SSSR count). The molecule has 0 N–H and O–H groups in total. The van der Waals surface area contributed by atoms with E-state index in [0.717, 1.165) is 31.9 Å². The zero-order valence-corrected chi connectivity index (χ0v) is 11.1. The number of likely N-dealkylation sites (tertiary alicyclic amines) is 1. The first-order valence-corrected chi connectivity index (χ1v) is 6.63. The van der Waals surface area contributed by atoms with E-state index in [2.05, 4.69) is 11.9 Å². The van der Waals surface area contributed by atoms with Gasteiger partial charge in [0, 0.05) is 12.6 Å². The third kappa shape index (κ3) is 2.64. The maximum absolute atomic E-state index is 13.2. The zero-order valence-electron chi connectivity index (χ0n) is 10.3. The molecular formula is C13H16ClFN2O. The molecule has 0 spiro atoms. The van der Waals surface area contributed by atoms with Crippen molar-refractivity contribution in [3.8, 4) is 0 Å². The smallest absolute Gasteiger partial charge is 0.257 e. The lowest BCUT2D eigenvalue weighted by molar-refractivity contribution is 0.0607. The summed E-state index contributed by atoms with van der Waals surface area (Å²) in [6, 6.07) is 1.39. The molecule has 1 saturated heterocycles. The first kappa shape index (κ1) is 13.3. The number of pyridine rings is 1. The molecule has 1 aliphatic rings. The summed E-state index contributed by atoms with van der Waals surface area (Å²) in [5, 5.41) is 0.0711. The molecule has 3 nitrogen and oxygen atoms in total. The van der Waals surface area contributed by atoms with Gasteiger partial charge in [0.05, 0.1) is 11.8 Å². The van der Waals surface area contributed by atoms with Crippen LogP contribution in [0.2, 0.25) is 5.15 Å². The Morgan fingerprint density at radius 1 is 1.61 bits per heavy atom. The molecule has 1 unspecified atom stereocenters. The van der Waals surface area contributed by atoms with Gasteiger partial charge in [-0.3, -0.25) is 4.79 Å². The van der Waals surface area contributed by atoms with Gasteiger partial charge in [0.15, 0.2) is 0 Å². The first-order valence-electron chi connectivity index (χ1n) is 6.25. The third-order valence-electron chi connectivity index (χ3n) is 3.40. The average Bonchev–Trinajstić information content (AvgIpc) is 2.40. The molecule has 1 aromatic rings. The molecule has 0 saturated carbocycles. The second kappa shape index (κ2) is 5.65. The van der Waals surface area contributed by atoms with Crippen LogP contribution >= 0.6 is 11.6 Å². The average molecular weight is 271 g/mol. The van der Waals surface area contributed by atoms with E-state index >= 15 is 0 Å². The molecular weight excluding hydrogens is 255 g/mol. The van der Waals surface area contributed by atoms with E-state index in [-0.39, 0.29) is 22.7 Å². The van der Waals surface area contributed by atoms with Gasteiger partial charge in [-0.05, 0) is 31.7 Å². The van der Waals surface area contributed by atoms with Gasteiger partial charge in [0.25, 0.3) is 5.91 Å². The first-order chi connectivity index (χ1) is 8.63. The standard InChI is InChI=1S/C13H16ClFN2O/c1-2-10-5-3-4-6-17(10)13(18)11-7-9(15)8-16-12(11)14/h7-8,10H,2-6H2,1H3. The SMILES string of the molecule is CCC1CCCCN1C(=O)c1cc(F)cnc1Cl. The summed E-state index contributed by atoms with van der Waals surface area (Å²) in [6.07, 6.45) is 5.06. The number of nitrogens with zero attached hydrogens (tertiary/aromatic N) is 2. The zero-order chi connectivity index (χ0) is 13.1. The fraction of sp³-hybridized carbons (Fsp3) is 0.538. The van der Waals surface area contributed by atoms with Crippen molar-refractivity contribution in [3.63, 3.8) is 0 Å². The molecule has 0 bridgehead atoms. The Morgan fingerprint density at radius 3 is 3.11 bits per heavy atom. The molecule has 1 amide bonds. The largest absolute Gasteiger partial charge is 0.336 e. The minimum absolute atomic E-state index is 0.0711. The minimum Gasteiger partial charge on any atom is -0.336 e. The van der Waals surface area contributed by atoms with E-state index in [1.165, 1.54) is 6.07 Å². The number of amides is 1. The third-order valence-corrected chi connectivity index (χ3v) is 3.70. The molecule has 1 aromatic heterocycles. The summed E-state index contributed by atoms with van der Waals surface area (Å²) in [4.78, 5) is 17.9. The van der Waals surface area contributed by atoms with Crippen LogP contribution in [0.3, 0.4) is 0 Å². The molecule has 0 radical (unpaired) electrons. The fourth-order valence-corrected chi connectivity index (χ4v) is 2.60. The predicted molar refractivity (Wildman–Crippen MR) is 68.2 cm³/mol. The van der Waals surface area contributed by atoms with Crippen LogP contribution in [0.15, 0.2) is 12.3 Å². The molecule has 18 heavy (non-hydrogen) atoms. The Kier molecular flexibility index (Phi) is 4.17. The van der Waals surface area contributed by atoms with Gasteiger partial charge in [0.2, 0.25) is 0 Å². The highest BCUT2D eigenvalue weighted by atomic mass is 35.5. The Labute approximate surface area is 111 Å². The Hall–Kier alpha value is -1.16. The molecule has 5 heteroatoms. The van der Waals surface area contributed by atoms with Crippen molar-refractivity contribution in [1.29, 1.82) is 0 Å². The van der Waals surface area contributed by atoms with Crippen LogP contribution in [0.4, 0.5) is 4.39 Å². The summed E-state index contributed by atoms with van der Waals surface area (Å²) in [5.41, 5.74) is 0.164. The highest BCUT2D eigenvalue weighted by molar-refractivity contribution is 6.32. The molecule has 0 aliphatic carbocycles. The van der Waals surface area contributed by atoms with E-state index in [1.54, 1.807) is 4.90 Å².